The molecule has 2 N–H and O–H groups in total. The zero-order chi connectivity index (χ0) is 20.1. The molecule has 5 atom stereocenters. The summed E-state index contributed by atoms with van der Waals surface area (Å²) < 4.78 is 26.3. The van der Waals surface area contributed by atoms with Crippen molar-refractivity contribution in [2.24, 2.45) is 22.7 Å². The van der Waals surface area contributed by atoms with Gasteiger partial charge in [-0.05, 0) is 48.0 Å². The van der Waals surface area contributed by atoms with Crippen LogP contribution in [0.5, 0.6) is 5.75 Å². The lowest BCUT2D eigenvalue weighted by atomic mass is 9.58. The third-order valence-electron chi connectivity index (χ3n) is 7.67. The number of methoxy groups -OCH3 is 1. The fourth-order valence-corrected chi connectivity index (χ4v) is 6.34. The fourth-order valence-electron chi connectivity index (χ4n) is 6.34. The topological polar surface area (TPSA) is 67.8 Å². The van der Waals surface area contributed by atoms with Crippen molar-refractivity contribution in [3.05, 3.63) is 29.6 Å². The van der Waals surface area contributed by atoms with Crippen LogP contribution in [0.3, 0.4) is 0 Å². The van der Waals surface area contributed by atoms with Gasteiger partial charge in [0.05, 0.1) is 19.8 Å². The van der Waals surface area contributed by atoms with E-state index in [1.807, 2.05) is 0 Å². The van der Waals surface area contributed by atoms with Crippen molar-refractivity contribution in [2.75, 3.05) is 20.3 Å². The lowest BCUT2D eigenvalue weighted by molar-refractivity contribution is -0.138. The summed E-state index contributed by atoms with van der Waals surface area (Å²) in [5.41, 5.74) is 0.419. The van der Waals surface area contributed by atoms with E-state index in [1.54, 1.807) is 18.2 Å². The number of nitrogens with one attached hydrogen (secondary N) is 1. The monoisotopic (exact) mass is 391 g/mol. The highest BCUT2D eigenvalue weighted by molar-refractivity contribution is 5.76. The molecule has 1 heterocycles. The standard InChI is InChI=1S/C22H30FNO4/c1-21(2)13-11-15-19(14-5-4-6-16(27-3)18(14)23)28-10-8-22(15,12-13)20(21)24-17(26)7-9-25/h4-6,13,15,19-20,25H,7-12H2,1-3H3,(H,24,26)/t13-,15-,19-,20+,22-/m1/s1. The van der Waals surface area contributed by atoms with Gasteiger partial charge in [0.1, 0.15) is 0 Å². The number of halogens is 1. The summed E-state index contributed by atoms with van der Waals surface area (Å²) in [5, 5.41) is 12.4. The smallest absolute Gasteiger partial charge is 0.222 e. The van der Waals surface area contributed by atoms with E-state index in [2.05, 4.69) is 19.2 Å². The van der Waals surface area contributed by atoms with Crippen LogP contribution in [0.2, 0.25) is 0 Å². The van der Waals surface area contributed by atoms with Gasteiger partial charge in [-0.1, -0.05) is 26.0 Å². The van der Waals surface area contributed by atoms with Gasteiger partial charge < -0.3 is 19.9 Å². The molecule has 2 aliphatic carbocycles. The van der Waals surface area contributed by atoms with Crippen LogP contribution in [0.1, 0.15) is 51.2 Å². The molecule has 0 radical (unpaired) electrons. The molecule has 6 heteroatoms. The molecule has 3 fully saturated rings. The molecule has 1 aliphatic heterocycles. The van der Waals surface area contributed by atoms with Crippen molar-refractivity contribution < 1.29 is 23.8 Å². The Kier molecular flexibility index (Phi) is 4.91. The summed E-state index contributed by atoms with van der Waals surface area (Å²) in [6, 6.07) is 5.22. The lowest BCUT2D eigenvalue weighted by Crippen LogP contribution is -2.59. The zero-order valence-electron chi connectivity index (χ0n) is 16.8. The molecule has 1 spiro atoms. The fraction of sp³-hybridized carbons (Fsp3) is 0.682. The molecule has 1 amide bonds. The molecule has 1 aromatic rings. The van der Waals surface area contributed by atoms with Gasteiger partial charge in [-0.2, -0.15) is 0 Å². The van der Waals surface area contributed by atoms with Crippen molar-refractivity contribution in [1.82, 2.24) is 5.32 Å². The number of aliphatic hydroxyl groups excluding tert-OH is 1. The van der Waals surface area contributed by atoms with Crippen LogP contribution in [0.15, 0.2) is 18.2 Å². The van der Waals surface area contributed by atoms with Gasteiger partial charge in [0.15, 0.2) is 11.6 Å². The minimum atomic E-state index is -0.352. The predicted molar refractivity (Wildman–Crippen MR) is 102 cm³/mol. The Bertz CT molecular complexity index is 767. The first-order valence-electron chi connectivity index (χ1n) is 10.2. The van der Waals surface area contributed by atoms with Crippen LogP contribution >= 0.6 is 0 Å². The van der Waals surface area contributed by atoms with Crippen LogP contribution in [0.25, 0.3) is 0 Å². The Morgan fingerprint density at radius 1 is 1.43 bits per heavy atom. The molecular weight excluding hydrogens is 361 g/mol. The quantitative estimate of drug-likeness (QED) is 0.809. The minimum absolute atomic E-state index is 0.00266. The van der Waals surface area contributed by atoms with Gasteiger partial charge in [-0.15, -0.1) is 0 Å². The minimum Gasteiger partial charge on any atom is -0.494 e. The third kappa shape index (κ3) is 2.76. The Labute approximate surface area is 165 Å². The number of hydrogen-bond acceptors (Lipinski definition) is 4. The SMILES string of the molecule is COc1cccc([C@H]2OCC[C@@]34C[C@@H](C[C@H]23)C(C)(C)[C@@H]4NC(=O)CCO)c1F. The normalized spacial score (nSPS) is 35.5. The average molecular weight is 391 g/mol. The maximum Gasteiger partial charge on any atom is 0.222 e. The van der Waals surface area contributed by atoms with Gasteiger partial charge in [-0.25, -0.2) is 4.39 Å². The lowest BCUT2D eigenvalue weighted by Gasteiger charge is -2.53. The molecule has 154 valence electrons. The van der Waals surface area contributed by atoms with E-state index >= 15 is 4.39 Å². The number of benzene rings is 1. The van der Waals surface area contributed by atoms with Crippen LogP contribution < -0.4 is 10.1 Å². The van der Waals surface area contributed by atoms with Crippen LogP contribution in [0.4, 0.5) is 4.39 Å². The Morgan fingerprint density at radius 3 is 2.93 bits per heavy atom. The molecule has 0 unspecified atom stereocenters. The van der Waals surface area contributed by atoms with Crippen molar-refractivity contribution in [3.63, 3.8) is 0 Å². The Balaban J connectivity index is 1.69. The number of hydrogen-bond donors (Lipinski definition) is 2. The first-order valence-corrected chi connectivity index (χ1v) is 10.2. The van der Waals surface area contributed by atoms with E-state index in [-0.39, 0.29) is 59.4 Å². The van der Waals surface area contributed by atoms with Crippen LogP contribution in [-0.4, -0.2) is 37.4 Å². The number of ether oxygens (including phenoxy) is 2. The van der Waals surface area contributed by atoms with Crippen molar-refractivity contribution in [3.8, 4) is 5.75 Å². The number of rotatable bonds is 5. The molecule has 5 nitrogen and oxygen atoms in total. The second kappa shape index (κ2) is 6.99. The molecule has 1 saturated heterocycles. The van der Waals surface area contributed by atoms with E-state index in [1.165, 1.54) is 7.11 Å². The highest BCUT2D eigenvalue weighted by Crippen LogP contribution is 2.70. The highest BCUT2D eigenvalue weighted by atomic mass is 19.1. The van der Waals surface area contributed by atoms with Crippen molar-refractivity contribution in [1.29, 1.82) is 0 Å². The highest BCUT2D eigenvalue weighted by Gasteiger charge is 2.68. The number of carbonyl (C=O) groups excluding carboxylic acids is 1. The number of aliphatic hydroxyl groups is 1. The summed E-state index contributed by atoms with van der Waals surface area (Å²) in [6.45, 7) is 4.85. The largest absolute Gasteiger partial charge is 0.494 e. The molecule has 3 aliphatic rings. The van der Waals surface area contributed by atoms with Crippen LogP contribution in [0, 0.1) is 28.5 Å². The number of carbonyl (C=O) groups is 1. The average Bonchev–Trinajstić information content (AvgIpc) is 3.15. The molecule has 28 heavy (non-hydrogen) atoms. The van der Waals surface area contributed by atoms with E-state index in [0.29, 0.717) is 18.1 Å². The number of amides is 1. The summed E-state index contributed by atoms with van der Waals surface area (Å²) in [5.74, 6) is 0.374. The van der Waals surface area contributed by atoms with Gasteiger partial charge in [0.2, 0.25) is 5.91 Å². The van der Waals surface area contributed by atoms with E-state index in [0.717, 1.165) is 19.3 Å². The molecule has 2 bridgehead atoms. The zero-order valence-corrected chi connectivity index (χ0v) is 16.8. The first kappa shape index (κ1) is 19.6. The van der Waals surface area contributed by atoms with Gasteiger partial charge in [0.25, 0.3) is 0 Å². The maximum atomic E-state index is 15.0. The second-order valence-corrected chi connectivity index (χ2v) is 9.18. The van der Waals surface area contributed by atoms with Gasteiger partial charge >= 0.3 is 0 Å². The van der Waals surface area contributed by atoms with E-state index in [9.17, 15) is 4.79 Å². The van der Waals surface area contributed by atoms with Gasteiger partial charge in [0, 0.05) is 24.6 Å². The first-order chi connectivity index (χ1) is 13.3. The predicted octanol–water partition coefficient (Wildman–Crippen LogP) is 3.22. The molecule has 4 rings (SSSR count). The number of fused-ring (bicyclic) bond motifs is 1. The van der Waals surface area contributed by atoms with Crippen molar-refractivity contribution >= 4 is 5.91 Å². The molecule has 2 saturated carbocycles. The van der Waals surface area contributed by atoms with E-state index < -0.39 is 0 Å². The second-order valence-electron chi connectivity index (χ2n) is 9.18. The van der Waals surface area contributed by atoms with Crippen molar-refractivity contribution in [2.45, 2.75) is 51.7 Å². The van der Waals surface area contributed by atoms with Gasteiger partial charge in [-0.3, -0.25) is 4.79 Å². The molecule has 1 aromatic carbocycles. The third-order valence-corrected chi connectivity index (χ3v) is 7.67. The summed E-state index contributed by atoms with van der Waals surface area (Å²) in [4.78, 5) is 12.3. The Hall–Kier alpha value is -1.66. The van der Waals surface area contributed by atoms with Crippen LogP contribution in [-0.2, 0) is 9.53 Å². The molecule has 0 aromatic heterocycles. The molecular formula is C22H30FNO4. The Morgan fingerprint density at radius 2 is 2.21 bits per heavy atom. The summed E-state index contributed by atoms with van der Waals surface area (Å²) in [7, 11) is 1.47. The summed E-state index contributed by atoms with van der Waals surface area (Å²) in [6.07, 6.45) is 2.65. The van der Waals surface area contributed by atoms with E-state index in [4.69, 9.17) is 14.6 Å². The maximum absolute atomic E-state index is 15.0. The summed E-state index contributed by atoms with van der Waals surface area (Å²) >= 11 is 0.